The summed E-state index contributed by atoms with van der Waals surface area (Å²) >= 11 is 1.04. The maximum atomic E-state index is 13.2. The zero-order valence-corrected chi connectivity index (χ0v) is 18.3. The van der Waals surface area contributed by atoms with Gasteiger partial charge in [0.05, 0.1) is 33.8 Å². The molecule has 4 rings (SSSR count). The minimum absolute atomic E-state index is 0.0608. The van der Waals surface area contributed by atoms with E-state index < -0.39 is 22.6 Å². The smallest absolute Gasteiger partial charge is 0.320 e. The van der Waals surface area contributed by atoms with Gasteiger partial charge in [-0.1, -0.05) is 54.2 Å². The lowest BCUT2D eigenvalue weighted by molar-refractivity contribution is -0.383. The van der Waals surface area contributed by atoms with Crippen molar-refractivity contribution in [3.8, 4) is 0 Å². The van der Waals surface area contributed by atoms with Gasteiger partial charge in [-0.3, -0.25) is 14.9 Å². The number of nitrogens with one attached hydrogen (secondary N) is 1. The molecule has 1 amide bonds. The third kappa shape index (κ3) is 5.20. The van der Waals surface area contributed by atoms with Crippen LogP contribution in [0.2, 0.25) is 0 Å². The fraction of sp³-hybridized carbons (Fsp3) is 0.130. The van der Waals surface area contributed by atoms with E-state index in [1.165, 1.54) is 24.3 Å². The highest BCUT2D eigenvalue weighted by Gasteiger charge is 2.31. The lowest BCUT2D eigenvalue weighted by Crippen LogP contribution is -2.15. The molecule has 0 saturated carbocycles. The molecule has 0 aliphatic carbocycles. The average molecular weight is 486 g/mol. The van der Waals surface area contributed by atoms with Gasteiger partial charge in [-0.25, -0.2) is 4.98 Å². The van der Waals surface area contributed by atoms with Gasteiger partial charge >= 0.3 is 6.18 Å². The Morgan fingerprint density at radius 1 is 1.06 bits per heavy atom. The lowest BCUT2D eigenvalue weighted by atomic mass is 10.2. The first-order valence-electron chi connectivity index (χ1n) is 10.00. The van der Waals surface area contributed by atoms with Crippen LogP contribution in [-0.2, 0) is 17.5 Å². The number of imidazole rings is 1. The summed E-state index contributed by atoms with van der Waals surface area (Å²) in [6.07, 6.45) is -4.50. The molecule has 0 bridgehead atoms. The monoisotopic (exact) mass is 486 g/mol. The lowest BCUT2D eigenvalue weighted by Gasteiger charge is -2.10. The Balaban J connectivity index is 1.61. The maximum absolute atomic E-state index is 13.2. The molecule has 3 aromatic carbocycles. The number of thioether (sulfide) groups is 1. The number of amides is 1. The topological polar surface area (TPSA) is 90.1 Å². The number of para-hydroxylation sites is 2. The maximum Gasteiger partial charge on any atom is 0.416 e. The first-order chi connectivity index (χ1) is 16.2. The van der Waals surface area contributed by atoms with Gasteiger partial charge in [0.15, 0.2) is 5.16 Å². The number of hydrogen-bond donors (Lipinski definition) is 1. The number of carbonyl (C=O) groups is 1. The molecular weight excluding hydrogens is 469 g/mol. The number of carbonyl (C=O) groups excluding carboxylic acids is 1. The molecule has 0 atom stereocenters. The van der Waals surface area contributed by atoms with Gasteiger partial charge in [0.1, 0.15) is 5.69 Å². The number of halogens is 3. The van der Waals surface area contributed by atoms with Crippen LogP contribution in [0.3, 0.4) is 0 Å². The fourth-order valence-corrected chi connectivity index (χ4v) is 4.18. The number of fused-ring (bicyclic) bond motifs is 1. The molecule has 1 aromatic heterocycles. The Labute approximate surface area is 195 Å². The van der Waals surface area contributed by atoms with E-state index in [1.807, 2.05) is 30.3 Å². The molecule has 174 valence electrons. The van der Waals surface area contributed by atoms with Gasteiger partial charge in [0.25, 0.3) is 5.69 Å². The van der Waals surface area contributed by atoms with Crippen LogP contribution >= 0.6 is 11.8 Å². The predicted octanol–water partition coefficient (Wildman–Crippen LogP) is 5.74. The molecule has 7 nitrogen and oxygen atoms in total. The molecule has 11 heteroatoms. The van der Waals surface area contributed by atoms with Crippen LogP contribution in [0.5, 0.6) is 0 Å². The summed E-state index contributed by atoms with van der Waals surface area (Å²) in [6, 6.07) is 18.4. The third-order valence-corrected chi connectivity index (χ3v) is 5.91. The molecule has 0 unspecified atom stereocenters. The first-order valence-corrected chi connectivity index (χ1v) is 11.0. The molecule has 4 aromatic rings. The number of rotatable bonds is 7. The summed E-state index contributed by atoms with van der Waals surface area (Å²) in [5.74, 6) is -0.648. The molecule has 0 radical (unpaired) electrons. The number of nitro benzene ring substituents is 1. The predicted molar refractivity (Wildman–Crippen MR) is 123 cm³/mol. The van der Waals surface area contributed by atoms with E-state index in [0.717, 1.165) is 29.5 Å². The van der Waals surface area contributed by atoms with Crippen molar-refractivity contribution in [3.63, 3.8) is 0 Å². The van der Waals surface area contributed by atoms with E-state index in [1.54, 1.807) is 10.6 Å². The molecule has 0 fully saturated rings. The van der Waals surface area contributed by atoms with Crippen molar-refractivity contribution in [1.82, 2.24) is 9.55 Å². The van der Waals surface area contributed by atoms with E-state index in [0.29, 0.717) is 17.2 Å². The van der Waals surface area contributed by atoms with Crippen LogP contribution in [-0.4, -0.2) is 26.1 Å². The van der Waals surface area contributed by atoms with Crippen LogP contribution in [0.15, 0.2) is 78.0 Å². The van der Waals surface area contributed by atoms with E-state index >= 15 is 0 Å². The SMILES string of the molecule is O=C(CSc1nc2cc(C(F)(F)F)ccc2n1Cc1ccccc1)Nc1ccccc1[N+](=O)[O-]. The zero-order valence-electron chi connectivity index (χ0n) is 17.5. The van der Waals surface area contributed by atoms with Crippen molar-refractivity contribution in [2.75, 3.05) is 11.1 Å². The number of nitro groups is 1. The van der Waals surface area contributed by atoms with Crippen molar-refractivity contribution in [2.45, 2.75) is 17.9 Å². The number of benzene rings is 3. The third-order valence-electron chi connectivity index (χ3n) is 4.93. The Morgan fingerprint density at radius 3 is 2.47 bits per heavy atom. The molecule has 0 spiro atoms. The summed E-state index contributed by atoms with van der Waals surface area (Å²) in [5, 5.41) is 14.0. The van der Waals surface area contributed by atoms with Gasteiger partial charge in [-0.15, -0.1) is 0 Å². The van der Waals surface area contributed by atoms with Gasteiger partial charge in [0, 0.05) is 6.07 Å². The minimum Gasteiger partial charge on any atom is -0.320 e. The van der Waals surface area contributed by atoms with E-state index in [-0.39, 0.29) is 22.6 Å². The minimum atomic E-state index is -4.50. The van der Waals surface area contributed by atoms with E-state index in [9.17, 15) is 28.1 Å². The summed E-state index contributed by atoms with van der Waals surface area (Å²) in [5.41, 5.74) is 0.580. The largest absolute Gasteiger partial charge is 0.416 e. The van der Waals surface area contributed by atoms with E-state index in [2.05, 4.69) is 10.3 Å². The Morgan fingerprint density at radius 2 is 1.76 bits per heavy atom. The highest BCUT2D eigenvalue weighted by atomic mass is 32.2. The first kappa shape index (κ1) is 23.3. The van der Waals surface area contributed by atoms with Crippen molar-refractivity contribution in [3.05, 3.63) is 94.0 Å². The van der Waals surface area contributed by atoms with E-state index in [4.69, 9.17) is 0 Å². The quantitative estimate of drug-likeness (QED) is 0.204. The number of anilines is 1. The van der Waals surface area contributed by atoms with Crippen molar-refractivity contribution < 1.29 is 22.9 Å². The van der Waals surface area contributed by atoms with Crippen LogP contribution in [0, 0.1) is 10.1 Å². The summed E-state index contributed by atoms with van der Waals surface area (Å²) in [4.78, 5) is 27.4. The second kappa shape index (κ2) is 9.56. The second-order valence-corrected chi connectivity index (χ2v) is 8.22. The van der Waals surface area contributed by atoms with Gasteiger partial charge in [0.2, 0.25) is 5.91 Å². The van der Waals surface area contributed by atoms with Gasteiger partial charge in [-0.2, -0.15) is 13.2 Å². The zero-order chi connectivity index (χ0) is 24.3. The molecule has 0 saturated heterocycles. The van der Waals surface area contributed by atoms with Crippen LogP contribution in [0.25, 0.3) is 11.0 Å². The summed E-state index contributed by atoms with van der Waals surface area (Å²) in [6.45, 7) is 0.344. The van der Waals surface area contributed by atoms with Gasteiger partial charge in [-0.05, 0) is 29.8 Å². The standard InChI is InChI=1S/C23H17F3N4O3S/c24-23(25,26)16-10-11-19-18(12-16)28-22(29(19)13-15-6-2-1-3-7-15)34-14-21(31)27-17-8-4-5-9-20(17)30(32)33/h1-12H,13-14H2,(H,27,31). The number of hydrogen-bond acceptors (Lipinski definition) is 5. The number of aromatic nitrogens is 2. The van der Waals surface area contributed by atoms with Crippen molar-refractivity contribution in [2.24, 2.45) is 0 Å². The fourth-order valence-electron chi connectivity index (χ4n) is 3.37. The van der Waals surface area contributed by atoms with Crippen molar-refractivity contribution in [1.29, 1.82) is 0 Å². The summed E-state index contributed by atoms with van der Waals surface area (Å²) in [7, 11) is 0. The molecular formula is C23H17F3N4O3S. The number of nitrogens with zero attached hydrogens (tertiary/aromatic N) is 3. The summed E-state index contributed by atoms with van der Waals surface area (Å²) < 4.78 is 41.3. The van der Waals surface area contributed by atoms with Gasteiger partial charge < -0.3 is 9.88 Å². The number of alkyl halides is 3. The van der Waals surface area contributed by atoms with Crippen LogP contribution < -0.4 is 5.32 Å². The molecule has 34 heavy (non-hydrogen) atoms. The Kier molecular flexibility index (Phi) is 6.55. The molecule has 1 N–H and O–H groups in total. The highest BCUT2D eigenvalue weighted by molar-refractivity contribution is 7.99. The Hall–Kier alpha value is -3.86. The Bertz CT molecular complexity index is 1360. The van der Waals surface area contributed by atoms with Crippen LogP contribution in [0.4, 0.5) is 24.5 Å². The second-order valence-electron chi connectivity index (χ2n) is 7.28. The van der Waals surface area contributed by atoms with Crippen LogP contribution in [0.1, 0.15) is 11.1 Å². The molecule has 1 heterocycles. The molecule has 0 aliphatic rings. The highest BCUT2D eigenvalue weighted by Crippen LogP contribution is 2.33. The molecule has 0 aliphatic heterocycles. The van der Waals surface area contributed by atoms with Crippen molar-refractivity contribution >= 4 is 40.1 Å². The normalized spacial score (nSPS) is 11.5. The average Bonchev–Trinajstić information content (AvgIpc) is 3.14.